The zero-order valence-electron chi connectivity index (χ0n) is 9.73. The Kier molecular flexibility index (Phi) is 2.63. The average molecular weight is 248 g/mol. The maximum Gasteiger partial charge on any atom is 0.229 e. The van der Waals surface area contributed by atoms with Crippen LogP contribution in [0.25, 0.3) is 5.69 Å². The zero-order valence-corrected chi connectivity index (χ0v) is 10.5. The Morgan fingerprint density at radius 1 is 1.35 bits per heavy atom. The standard InChI is InChI=1S/C13H14ClN3/c1-2-9-4-3-5-11(8-9)17-12(10-6-7-10)15-16-13(17)14/h3-5,8,10H,2,6-7H2,1H3. The van der Waals surface area contributed by atoms with Crippen LogP contribution < -0.4 is 0 Å². The summed E-state index contributed by atoms with van der Waals surface area (Å²) < 4.78 is 1.97. The van der Waals surface area contributed by atoms with E-state index in [0.717, 1.165) is 17.9 Å². The quantitative estimate of drug-likeness (QED) is 0.833. The number of aromatic nitrogens is 3. The van der Waals surface area contributed by atoms with Gasteiger partial charge in [0.05, 0.1) is 5.69 Å². The summed E-state index contributed by atoms with van der Waals surface area (Å²) in [7, 11) is 0. The highest BCUT2D eigenvalue weighted by Gasteiger charge is 2.30. The molecule has 0 spiro atoms. The van der Waals surface area contributed by atoms with Gasteiger partial charge >= 0.3 is 0 Å². The normalized spacial score (nSPS) is 15.2. The van der Waals surface area contributed by atoms with Gasteiger partial charge in [-0.15, -0.1) is 10.2 Å². The molecule has 0 N–H and O–H groups in total. The van der Waals surface area contributed by atoms with Crippen molar-refractivity contribution < 1.29 is 0 Å². The van der Waals surface area contributed by atoms with Crippen molar-refractivity contribution in [2.24, 2.45) is 0 Å². The summed E-state index contributed by atoms with van der Waals surface area (Å²) in [5.41, 5.74) is 2.37. The molecule has 1 aliphatic rings. The fourth-order valence-corrected chi connectivity index (χ4v) is 2.26. The van der Waals surface area contributed by atoms with E-state index in [9.17, 15) is 0 Å². The minimum atomic E-state index is 0.458. The van der Waals surface area contributed by atoms with Crippen LogP contribution in [0.1, 0.15) is 37.1 Å². The van der Waals surface area contributed by atoms with E-state index >= 15 is 0 Å². The van der Waals surface area contributed by atoms with Gasteiger partial charge in [-0.1, -0.05) is 19.1 Å². The van der Waals surface area contributed by atoms with Crippen LogP contribution >= 0.6 is 11.6 Å². The summed E-state index contributed by atoms with van der Waals surface area (Å²) in [6.07, 6.45) is 3.41. The number of benzene rings is 1. The molecule has 1 fully saturated rings. The van der Waals surface area contributed by atoms with Crippen molar-refractivity contribution in [1.29, 1.82) is 0 Å². The van der Waals surface area contributed by atoms with Crippen LogP contribution in [-0.4, -0.2) is 14.8 Å². The Bertz CT molecular complexity index is 543. The number of nitrogens with zero attached hydrogens (tertiary/aromatic N) is 3. The molecule has 1 aromatic carbocycles. The lowest BCUT2D eigenvalue weighted by molar-refractivity contribution is 0.870. The van der Waals surface area contributed by atoms with Crippen molar-refractivity contribution in [3.8, 4) is 5.69 Å². The van der Waals surface area contributed by atoms with E-state index in [4.69, 9.17) is 11.6 Å². The lowest BCUT2D eigenvalue weighted by Gasteiger charge is -2.08. The van der Waals surface area contributed by atoms with Crippen molar-refractivity contribution in [1.82, 2.24) is 14.8 Å². The molecule has 1 aliphatic carbocycles. The van der Waals surface area contributed by atoms with Gasteiger partial charge in [-0.25, -0.2) is 0 Å². The number of hydrogen-bond acceptors (Lipinski definition) is 2. The number of aryl methyl sites for hydroxylation is 1. The number of halogens is 1. The second-order valence-electron chi connectivity index (χ2n) is 4.46. The van der Waals surface area contributed by atoms with E-state index in [1.807, 2.05) is 4.57 Å². The topological polar surface area (TPSA) is 30.7 Å². The molecular formula is C13H14ClN3. The molecule has 3 nitrogen and oxygen atoms in total. The molecule has 0 amide bonds. The molecule has 0 radical (unpaired) electrons. The van der Waals surface area contributed by atoms with Crippen LogP contribution in [0.15, 0.2) is 24.3 Å². The summed E-state index contributed by atoms with van der Waals surface area (Å²) in [4.78, 5) is 0. The van der Waals surface area contributed by atoms with E-state index in [0.29, 0.717) is 11.2 Å². The van der Waals surface area contributed by atoms with Crippen LogP contribution in [0.5, 0.6) is 0 Å². The Morgan fingerprint density at radius 3 is 2.88 bits per heavy atom. The molecule has 1 saturated carbocycles. The Balaban J connectivity index is 2.10. The van der Waals surface area contributed by atoms with Gasteiger partial charge in [0.2, 0.25) is 5.28 Å². The Labute approximate surface area is 105 Å². The second kappa shape index (κ2) is 4.15. The SMILES string of the molecule is CCc1cccc(-n2c(Cl)nnc2C2CC2)c1. The molecule has 0 unspecified atom stereocenters. The molecule has 88 valence electrons. The molecule has 0 aliphatic heterocycles. The van der Waals surface area contributed by atoms with E-state index in [1.54, 1.807) is 0 Å². The lowest BCUT2D eigenvalue weighted by Crippen LogP contribution is -2.00. The first-order valence-electron chi connectivity index (χ1n) is 5.99. The molecule has 4 heteroatoms. The smallest absolute Gasteiger partial charge is 0.229 e. The third-order valence-corrected chi connectivity index (χ3v) is 3.41. The molecule has 0 saturated heterocycles. The van der Waals surface area contributed by atoms with E-state index in [2.05, 4.69) is 41.4 Å². The van der Waals surface area contributed by atoms with E-state index < -0.39 is 0 Å². The van der Waals surface area contributed by atoms with Crippen LogP contribution in [-0.2, 0) is 6.42 Å². The van der Waals surface area contributed by atoms with Gasteiger partial charge in [0.25, 0.3) is 0 Å². The summed E-state index contributed by atoms with van der Waals surface area (Å²) >= 11 is 6.14. The third kappa shape index (κ3) is 1.95. The zero-order chi connectivity index (χ0) is 11.8. The van der Waals surface area contributed by atoms with Crippen molar-refractivity contribution >= 4 is 11.6 Å². The maximum absolute atomic E-state index is 6.14. The molecule has 1 heterocycles. The van der Waals surface area contributed by atoms with E-state index in [1.165, 1.54) is 18.4 Å². The van der Waals surface area contributed by atoms with Crippen molar-refractivity contribution in [3.05, 3.63) is 40.9 Å². The molecule has 1 aromatic heterocycles. The summed E-state index contributed by atoms with van der Waals surface area (Å²) in [6, 6.07) is 8.39. The van der Waals surface area contributed by atoms with Crippen molar-refractivity contribution in [3.63, 3.8) is 0 Å². The van der Waals surface area contributed by atoms with Gasteiger partial charge < -0.3 is 0 Å². The molecular weight excluding hydrogens is 234 g/mol. The van der Waals surface area contributed by atoms with Gasteiger partial charge in [0.15, 0.2) is 0 Å². The van der Waals surface area contributed by atoms with Gasteiger partial charge in [-0.2, -0.15) is 0 Å². The van der Waals surface area contributed by atoms with E-state index in [-0.39, 0.29) is 0 Å². The molecule has 0 atom stereocenters. The third-order valence-electron chi connectivity index (χ3n) is 3.17. The average Bonchev–Trinajstić information content (AvgIpc) is 3.13. The van der Waals surface area contributed by atoms with Gasteiger partial charge in [0, 0.05) is 5.92 Å². The van der Waals surface area contributed by atoms with Crippen LogP contribution in [0.4, 0.5) is 0 Å². The van der Waals surface area contributed by atoms with Gasteiger partial charge in [-0.05, 0) is 48.6 Å². The Morgan fingerprint density at radius 2 is 2.18 bits per heavy atom. The second-order valence-corrected chi connectivity index (χ2v) is 4.80. The summed E-state index contributed by atoms with van der Waals surface area (Å²) in [6.45, 7) is 2.15. The summed E-state index contributed by atoms with van der Waals surface area (Å²) in [5.74, 6) is 1.54. The first-order valence-corrected chi connectivity index (χ1v) is 6.37. The number of rotatable bonds is 3. The molecule has 17 heavy (non-hydrogen) atoms. The molecule has 3 rings (SSSR count). The van der Waals surface area contributed by atoms with Crippen LogP contribution in [0.2, 0.25) is 5.28 Å². The fourth-order valence-electron chi connectivity index (χ4n) is 2.04. The summed E-state index contributed by atoms with van der Waals surface area (Å²) in [5, 5.41) is 8.64. The highest BCUT2D eigenvalue weighted by Crippen LogP contribution is 2.40. The van der Waals surface area contributed by atoms with Crippen LogP contribution in [0, 0.1) is 0 Å². The lowest BCUT2D eigenvalue weighted by atomic mass is 10.1. The minimum Gasteiger partial charge on any atom is -0.270 e. The predicted octanol–water partition coefficient (Wildman–Crippen LogP) is 3.36. The fraction of sp³-hybridized carbons (Fsp3) is 0.385. The number of hydrogen-bond donors (Lipinski definition) is 0. The maximum atomic E-state index is 6.14. The largest absolute Gasteiger partial charge is 0.270 e. The van der Waals surface area contributed by atoms with Crippen molar-refractivity contribution in [2.45, 2.75) is 32.1 Å². The first kappa shape index (κ1) is 10.8. The van der Waals surface area contributed by atoms with Crippen LogP contribution in [0.3, 0.4) is 0 Å². The Hall–Kier alpha value is -1.35. The first-order chi connectivity index (χ1) is 8.29. The van der Waals surface area contributed by atoms with Gasteiger partial charge in [-0.3, -0.25) is 4.57 Å². The highest BCUT2D eigenvalue weighted by molar-refractivity contribution is 6.28. The van der Waals surface area contributed by atoms with Crippen molar-refractivity contribution in [2.75, 3.05) is 0 Å². The van der Waals surface area contributed by atoms with Gasteiger partial charge in [0.1, 0.15) is 5.82 Å². The highest BCUT2D eigenvalue weighted by atomic mass is 35.5. The molecule has 0 bridgehead atoms. The monoisotopic (exact) mass is 247 g/mol. The minimum absolute atomic E-state index is 0.458. The molecule has 2 aromatic rings. The predicted molar refractivity (Wildman–Crippen MR) is 67.7 cm³/mol.